The molecule has 0 N–H and O–H groups in total. The van der Waals surface area contributed by atoms with Crippen molar-refractivity contribution in [2.24, 2.45) is 0 Å². The largest absolute Gasteiger partial charge is 0.456 e. The fraction of sp³-hybridized carbons (Fsp3) is 0. The zero-order chi connectivity index (χ0) is 22.2. The number of furan rings is 1. The first kappa shape index (κ1) is 19.8. The van der Waals surface area contributed by atoms with Crippen LogP contribution in [0, 0.1) is 0 Å². The topological polar surface area (TPSA) is 16.4 Å². The van der Waals surface area contributed by atoms with Gasteiger partial charge in [0.1, 0.15) is 11.2 Å². The lowest BCUT2D eigenvalue weighted by Gasteiger charge is -2.25. The number of fused-ring (bicyclic) bond motifs is 3. The van der Waals surface area contributed by atoms with Crippen molar-refractivity contribution in [3.05, 3.63) is 126 Å². The monoisotopic (exact) mass is 489 g/mol. The van der Waals surface area contributed by atoms with Gasteiger partial charge in [-0.2, -0.15) is 0 Å². The predicted octanol–water partition coefficient (Wildman–Crippen LogP) is 9.49. The molecule has 0 unspecified atom stereocenters. The zero-order valence-electron chi connectivity index (χ0n) is 17.8. The molecule has 0 aliphatic heterocycles. The second-order valence-corrected chi connectivity index (χ2v) is 8.92. The average Bonchev–Trinajstić information content (AvgIpc) is 3.23. The summed E-state index contributed by atoms with van der Waals surface area (Å²) in [6, 6.07) is 42.2. The van der Waals surface area contributed by atoms with Crippen molar-refractivity contribution in [2.75, 3.05) is 4.90 Å². The van der Waals surface area contributed by atoms with Crippen molar-refractivity contribution in [1.29, 1.82) is 0 Å². The molecular formula is C30H20BrNO. The van der Waals surface area contributed by atoms with Gasteiger partial charge in [-0.15, -0.1) is 0 Å². The molecule has 0 saturated carbocycles. The van der Waals surface area contributed by atoms with Crippen LogP contribution in [0.25, 0.3) is 33.1 Å². The lowest BCUT2D eigenvalue weighted by atomic mass is 10.0. The van der Waals surface area contributed by atoms with Gasteiger partial charge < -0.3 is 9.32 Å². The van der Waals surface area contributed by atoms with Crippen LogP contribution in [0.4, 0.5) is 17.1 Å². The van der Waals surface area contributed by atoms with E-state index >= 15 is 0 Å². The van der Waals surface area contributed by atoms with E-state index in [2.05, 4.69) is 118 Å². The SMILES string of the molecule is Brc1ccc2oc3ccc(-c4ccc(N(c5ccccc5)c5ccccc5)cc4)cc3c2c1. The summed E-state index contributed by atoms with van der Waals surface area (Å²) in [7, 11) is 0. The van der Waals surface area contributed by atoms with Gasteiger partial charge in [0.2, 0.25) is 0 Å². The van der Waals surface area contributed by atoms with Crippen molar-refractivity contribution in [1.82, 2.24) is 0 Å². The van der Waals surface area contributed by atoms with E-state index in [4.69, 9.17) is 4.42 Å². The van der Waals surface area contributed by atoms with Crippen molar-refractivity contribution < 1.29 is 4.42 Å². The van der Waals surface area contributed by atoms with Gasteiger partial charge in [-0.25, -0.2) is 0 Å². The van der Waals surface area contributed by atoms with E-state index < -0.39 is 0 Å². The summed E-state index contributed by atoms with van der Waals surface area (Å²) in [6.45, 7) is 0. The second-order valence-electron chi connectivity index (χ2n) is 8.01. The Kier molecular flexibility index (Phi) is 4.97. The molecule has 0 aliphatic carbocycles. The molecule has 2 nitrogen and oxygen atoms in total. The van der Waals surface area contributed by atoms with Crippen molar-refractivity contribution in [3.8, 4) is 11.1 Å². The van der Waals surface area contributed by atoms with Gasteiger partial charge >= 0.3 is 0 Å². The van der Waals surface area contributed by atoms with E-state index in [1.54, 1.807) is 0 Å². The number of hydrogen-bond acceptors (Lipinski definition) is 2. The molecule has 0 spiro atoms. The quantitative estimate of drug-likeness (QED) is 0.245. The van der Waals surface area contributed by atoms with Crippen LogP contribution in [0.5, 0.6) is 0 Å². The first-order valence-electron chi connectivity index (χ1n) is 10.9. The average molecular weight is 490 g/mol. The van der Waals surface area contributed by atoms with E-state index in [1.807, 2.05) is 24.3 Å². The van der Waals surface area contributed by atoms with Gasteiger partial charge in [0, 0.05) is 32.3 Å². The fourth-order valence-electron chi connectivity index (χ4n) is 4.33. The van der Waals surface area contributed by atoms with Crippen molar-refractivity contribution in [2.45, 2.75) is 0 Å². The minimum atomic E-state index is 0.905. The summed E-state index contributed by atoms with van der Waals surface area (Å²) < 4.78 is 7.07. The molecule has 6 aromatic rings. The fourth-order valence-corrected chi connectivity index (χ4v) is 4.69. The number of para-hydroxylation sites is 2. The highest BCUT2D eigenvalue weighted by Gasteiger charge is 2.13. The maximum Gasteiger partial charge on any atom is 0.135 e. The molecule has 0 fully saturated rings. The maximum atomic E-state index is 6.02. The summed E-state index contributed by atoms with van der Waals surface area (Å²) in [5.41, 5.74) is 7.54. The summed E-state index contributed by atoms with van der Waals surface area (Å²) >= 11 is 3.58. The van der Waals surface area contributed by atoms with Crippen LogP contribution in [0.3, 0.4) is 0 Å². The van der Waals surface area contributed by atoms with Crippen LogP contribution >= 0.6 is 15.9 Å². The van der Waals surface area contributed by atoms with E-state index in [1.165, 1.54) is 11.1 Å². The number of rotatable bonds is 4. The minimum Gasteiger partial charge on any atom is -0.456 e. The Labute approximate surface area is 200 Å². The number of halogens is 1. The van der Waals surface area contributed by atoms with E-state index in [-0.39, 0.29) is 0 Å². The number of benzene rings is 5. The Morgan fingerprint density at radius 1 is 0.485 bits per heavy atom. The van der Waals surface area contributed by atoms with Crippen LogP contribution in [0.1, 0.15) is 0 Å². The Hall–Kier alpha value is -3.82. The molecule has 0 saturated heterocycles. The second kappa shape index (κ2) is 8.27. The molecule has 6 rings (SSSR count). The maximum absolute atomic E-state index is 6.02. The molecule has 1 heterocycles. The molecule has 33 heavy (non-hydrogen) atoms. The third-order valence-electron chi connectivity index (χ3n) is 5.92. The van der Waals surface area contributed by atoms with Gasteiger partial charge in [0.15, 0.2) is 0 Å². The molecule has 3 heteroatoms. The summed E-state index contributed by atoms with van der Waals surface area (Å²) in [6.07, 6.45) is 0. The number of hydrogen-bond donors (Lipinski definition) is 0. The van der Waals surface area contributed by atoms with E-state index in [0.29, 0.717) is 0 Å². The van der Waals surface area contributed by atoms with Crippen LogP contribution in [0.15, 0.2) is 130 Å². The van der Waals surface area contributed by atoms with Crippen LogP contribution in [0.2, 0.25) is 0 Å². The normalized spacial score (nSPS) is 11.2. The highest BCUT2D eigenvalue weighted by Crippen LogP contribution is 2.37. The lowest BCUT2D eigenvalue weighted by Crippen LogP contribution is -2.09. The highest BCUT2D eigenvalue weighted by molar-refractivity contribution is 9.10. The van der Waals surface area contributed by atoms with Crippen LogP contribution in [-0.2, 0) is 0 Å². The first-order valence-corrected chi connectivity index (χ1v) is 11.7. The Bertz CT molecular complexity index is 1510. The van der Waals surface area contributed by atoms with Crippen molar-refractivity contribution >= 4 is 54.9 Å². The van der Waals surface area contributed by atoms with Crippen LogP contribution in [-0.4, -0.2) is 0 Å². The summed E-state index contributed by atoms with van der Waals surface area (Å²) in [5.74, 6) is 0. The van der Waals surface area contributed by atoms with E-state index in [0.717, 1.165) is 43.5 Å². The highest BCUT2D eigenvalue weighted by atomic mass is 79.9. The van der Waals surface area contributed by atoms with Gasteiger partial charge in [-0.05, 0) is 77.9 Å². The van der Waals surface area contributed by atoms with Gasteiger partial charge in [0.05, 0.1) is 0 Å². The number of anilines is 3. The molecule has 0 atom stereocenters. The van der Waals surface area contributed by atoms with Gasteiger partial charge in [-0.1, -0.05) is 70.5 Å². The van der Waals surface area contributed by atoms with Gasteiger partial charge in [0.25, 0.3) is 0 Å². The zero-order valence-corrected chi connectivity index (χ0v) is 19.4. The van der Waals surface area contributed by atoms with Gasteiger partial charge in [-0.3, -0.25) is 0 Å². The minimum absolute atomic E-state index is 0.905. The smallest absolute Gasteiger partial charge is 0.135 e. The number of nitrogens with zero attached hydrogens (tertiary/aromatic N) is 1. The first-order chi connectivity index (χ1) is 16.3. The lowest BCUT2D eigenvalue weighted by molar-refractivity contribution is 0.669. The molecule has 158 valence electrons. The molecule has 0 bridgehead atoms. The standard InChI is InChI=1S/C30H20BrNO/c31-23-14-18-30-28(20-23)27-19-22(13-17-29(27)33-30)21-11-15-26(16-12-21)32(24-7-3-1-4-8-24)25-9-5-2-6-10-25/h1-20H. The third-order valence-corrected chi connectivity index (χ3v) is 6.41. The van der Waals surface area contributed by atoms with Crippen LogP contribution < -0.4 is 4.90 Å². The van der Waals surface area contributed by atoms with E-state index in [9.17, 15) is 0 Å². The Balaban J connectivity index is 1.41. The summed E-state index contributed by atoms with van der Waals surface area (Å²) in [4.78, 5) is 2.27. The summed E-state index contributed by atoms with van der Waals surface area (Å²) in [5, 5.41) is 2.25. The molecule has 5 aromatic carbocycles. The third kappa shape index (κ3) is 3.71. The van der Waals surface area contributed by atoms with Crippen molar-refractivity contribution in [3.63, 3.8) is 0 Å². The molecular weight excluding hydrogens is 470 g/mol. The molecule has 0 aliphatic rings. The molecule has 0 radical (unpaired) electrons. The molecule has 0 amide bonds. The predicted molar refractivity (Wildman–Crippen MR) is 142 cm³/mol. The Morgan fingerprint density at radius 2 is 1.00 bits per heavy atom. The Morgan fingerprint density at radius 3 is 1.64 bits per heavy atom. The molecule has 1 aromatic heterocycles.